The van der Waals surface area contributed by atoms with Crippen LogP contribution in [0.5, 0.6) is 0 Å². The minimum Gasteiger partial charge on any atom is -0.373 e. The molecule has 0 bridgehead atoms. The normalized spacial score (nSPS) is 11.9. The van der Waals surface area contributed by atoms with Crippen molar-refractivity contribution in [3.8, 4) is 0 Å². The standard InChI is InChI=1S/C20H22ClN5O/c21-13-18(22)23-12-6-11-17(26-20(27)14-7-2-1-3-8-14)19-24-15-9-4-5-10-16(15)25-19/h1-5,7-10,17H,6,11-13H2,(H2,22,23)(H,24,25)(H,26,27). The van der Waals surface area contributed by atoms with Crippen molar-refractivity contribution in [1.82, 2.24) is 20.6 Å². The first kappa shape index (κ1) is 18.9. The van der Waals surface area contributed by atoms with E-state index in [-0.39, 0.29) is 17.8 Å². The number of hydrogen-bond donors (Lipinski definition) is 4. The number of carbonyl (C=O) groups excluding carboxylic acids is 1. The first-order chi connectivity index (χ1) is 13.2. The average molecular weight is 384 g/mol. The molecule has 0 aliphatic heterocycles. The van der Waals surface area contributed by atoms with Crippen molar-refractivity contribution in [2.24, 2.45) is 0 Å². The third kappa shape index (κ3) is 5.08. The molecule has 0 aliphatic carbocycles. The average Bonchev–Trinajstić information content (AvgIpc) is 3.14. The van der Waals surface area contributed by atoms with Gasteiger partial charge in [-0.3, -0.25) is 10.2 Å². The molecule has 1 atom stereocenters. The summed E-state index contributed by atoms with van der Waals surface area (Å²) in [5.74, 6) is 1.05. The summed E-state index contributed by atoms with van der Waals surface area (Å²) in [4.78, 5) is 20.6. The van der Waals surface area contributed by atoms with E-state index in [1.165, 1.54) is 0 Å². The predicted octanol–water partition coefficient (Wildman–Crippen LogP) is 3.62. The summed E-state index contributed by atoms with van der Waals surface area (Å²) in [6.07, 6.45) is 1.44. The van der Waals surface area contributed by atoms with Crippen LogP contribution in [-0.4, -0.2) is 34.1 Å². The first-order valence-corrected chi connectivity index (χ1v) is 9.38. The molecule has 4 N–H and O–H groups in total. The maximum Gasteiger partial charge on any atom is 0.251 e. The zero-order valence-corrected chi connectivity index (χ0v) is 15.6. The first-order valence-electron chi connectivity index (χ1n) is 8.85. The van der Waals surface area contributed by atoms with Crippen LogP contribution in [0.25, 0.3) is 11.0 Å². The van der Waals surface area contributed by atoms with Gasteiger partial charge >= 0.3 is 0 Å². The summed E-state index contributed by atoms with van der Waals surface area (Å²) in [6, 6.07) is 16.7. The van der Waals surface area contributed by atoms with Crippen molar-refractivity contribution in [3.63, 3.8) is 0 Å². The largest absolute Gasteiger partial charge is 0.373 e. The lowest BCUT2D eigenvalue weighted by Gasteiger charge is -2.17. The van der Waals surface area contributed by atoms with Gasteiger partial charge in [-0.2, -0.15) is 0 Å². The lowest BCUT2D eigenvalue weighted by Crippen LogP contribution is -2.31. The number of nitrogens with zero attached hydrogens (tertiary/aromatic N) is 1. The van der Waals surface area contributed by atoms with Crippen LogP contribution in [0.2, 0.25) is 0 Å². The number of hydrogen-bond acceptors (Lipinski definition) is 3. The number of nitrogens with one attached hydrogen (secondary N) is 4. The Hall–Kier alpha value is -2.86. The van der Waals surface area contributed by atoms with Crippen molar-refractivity contribution >= 4 is 34.4 Å². The number of carbonyl (C=O) groups is 1. The fourth-order valence-electron chi connectivity index (χ4n) is 2.84. The smallest absolute Gasteiger partial charge is 0.251 e. The van der Waals surface area contributed by atoms with Crippen molar-refractivity contribution in [2.45, 2.75) is 18.9 Å². The summed E-state index contributed by atoms with van der Waals surface area (Å²) < 4.78 is 0. The van der Waals surface area contributed by atoms with Gasteiger partial charge in [0.25, 0.3) is 5.91 Å². The molecule has 0 aliphatic rings. The van der Waals surface area contributed by atoms with E-state index in [4.69, 9.17) is 17.0 Å². The highest BCUT2D eigenvalue weighted by Gasteiger charge is 2.19. The zero-order chi connectivity index (χ0) is 19.1. The van der Waals surface area contributed by atoms with Gasteiger partial charge in [0, 0.05) is 12.1 Å². The van der Waals surface area contributed by atoms with E-state index in [1.54, 1.807) is 12.1 Å². The van der Waals surface area contributed by atoms with Crippen LogP contribution in [0, 0.1) is 5.41 Å². The zero-order valence-electron chi connectivity index (χ0n) is 14.8. The summed E-state index contributed by atoms with van der Waals surface area (Å²) in [5.41, 5.74) is 2.42. The molecular weight excluding hydrogens is 362 g/mol. The van der Waals surface area contributed by atoms with Crippen molar-refractivity contribution in [2.75, 3.05) is 12.4 Å². The predicted molar refractivity (Wildman–Crippen MR) is 108 cm³/mol. The summed E-state index contributed by atoms with van der Waals surface area (Å²) in [5, 5.41) is 13.6. The fourth-order valence-corrected chi connectivity index (χ4v) is 2.93. The number of amides is 1. The van der Waals surface area contributed by atoms with Crippen LogP contribution in [0.3, 0.4) is 0 Å². The molecule has 0 radical (unpaired) electrons. The molecule has 0 saturated heterocycles. The maximum atomic E-state index is 12.6. The third-order valence-corrected chi connectivity index (χ3v) is 4.49. The Kier molecular flexibility index (Phi) is 6.44. The Morgan fingerprint density at radius 1 is 1.15 bits per heavy atom. The molecule has 0 spiro atoms. The van der Waals surface area contributed by atoms with E-state index in [0.29, 0.717) is 24.4 Å². The molecule has 3 rings (SSSR count). The number of alkyl halides is 1. The minimum atomic E-state index is -0.253. The van der Waals surface area contributed by atoms with Crippen LogP contribution >= 0.6 is 11.6 Å². The maximum absolute atomic E-state index is 12.6. The molecule has 140 valence electrons. The van der Waals surface area contributed by atoms with E-state index in [2.05, 4.69) is 20.6 Å². The molecule has 27 heavy (non-hydrogen) atoms. The van der Waals surface area contributed by atoms with Gasteiger partial charge in [0.2, 0.25) is 0 Å². The lowest BCUT2D eigenvalue weighted by molar-refractivity contribution is 0.0932. The number of amidine groups is 1. The van der Waals surface area contributed by atoms with Gasteiger partial charge in [0.05, 0.1) is 23.0 Å². The molecule has 0 fully saturated rings. The van der Waals surface area contributed by atoms with Crippen molar-refractivity contribution < 1.29 is 4.79 Å². The number of aromatic nitrogens is 2. The van der Waals surface area contributed by atoms with Crippen molar-refractivity contribution in [3.05, 3.63) is 66.0 Å². The van der Waals surface area contributed by atoms with E-state index < -0.39 is 0 Å². The van der Waals surface area contributed by atoms with E-state index >= 15 is 0 Å². The number of halogens is 1. The molecule has 1 aromatic heterocycles. The van der Waals surface area contributed by atoms with Crippen LogP contribution in [-0.2, 0) is 0 Å². The molecule has 6 nitrogen and oxygen atoms in total. The van der Waals surface area contributed by atoms with Gasteiger partial charge in [-0.05, 0) is 37.1 Å². The van der Waals surface area contributed by atoms with E-state index in [0.717, 1.165) is 23.3 Å². The van der Waals surface area contributed by atoms with Gasteiger partial charge < -0.3 is 15.6 Å². The van der Waals surface area contributed by atoms with Crippen LogP contribution in [0.4, 0.5) is 0 Å². The van der Waals surface area contributed by atoms with Crippen LogP contribution in [0.15, 0.2) is 54.6 Å². The quantitative estimate of drug-likeness (QED) is 0.207. The van der Waals surface area contributed by atoms with E-state index in [9.17, 15) is 4.79 Å². The topological polar surface area (TPSA) is 93.7 Å². The van der Waals surface area contributed by atoms with Gasteiger partial charge in [-0.15, -0.1) is 11.6 Å². The van der Waals surface area contributed by atoms with Gasteiger partial charge in [0.1, 0.15) is 11.7 Å². The number of H-pyrrole nitrogens is 1. The summed E-state index contributed by atoms with van der Waals surface area (Å²) in [6.45, 7) is 0.615. The van der Waals surface area contributed by atoms with Crippen LogP contribution < -0.4 is 10.6 Å². The molecular formula is C20H22ClN5O. The number of rotatable bonds is 8. The Morgan fingerprint density at radius 2 is 1.89 bits per heavy atom. The summed E-state index contributed by atoms with van der Waals surface area (Å²) >= 11 is 5.61. The molecule has 1 unspecified atom stereocenters. The van der Waals surface area contributed by atoms with Gasteiger partial charge in [-0.25, -0.2) is 4.98 Å². The Labute approximate surface area is 162 Å². The second-order valence-electron chi connectivity index (χ2n) is 6.21. The Bertz CT molecular complexity index is 876. The monoisotopic (exact) mass is 383 g/mol. The second kappa shape index (κ2) is 9.19. The highest BCUT2D eigenvalue weighted by atomic mass is 35.5. The summed E-state index contributed by atoms with van der Waals surface area (Å²) in [7, 11) is 0. The number of fused-ring (bicyclic) bond motifs is 1. The molecule has 2 aromatic carbocycles. The Balaban J connectivity index is 1.73. The minimum absolute atomic E-state index is 0.137. The van der Waals surface area contributed by atoms with Gasteiger partial charge in [0.15, 0.2) is 0 Å². The molecule has 7 heteroatoms. The second-order valence-corrected chi connectivity index (χ2v) is 6.48. The van der Waals surface area contributed by atoms with Crippen LogP contribution in [0.1, 0.15) is 35.1 Å². The molecule has 1 heterocycles. The number of para-hydroxylation sites is 2. The number of imidazole rings is 1. The molecule has 1 amide bonds. The number of aromatic amines is 1. The fraction of sp³-hybridized carbons (Fsp3) is 0.250. The lowest BCUT2D eigenvalue weighted by atomic mass is 10.1. The highest BCUT2D eigenvalue weighted by molar-refractivity contribution is 6.27. The highest BCUT2D eigenvalue weighted by Crippen LogP contribution is 2.20. The van der Waals surface area contributed by atoms with Crippen molar-refractivity contribution in [1.29, 1.82) is 5.41 Å². The molecule has 3 aromatic rings. The Morgan fingerprint density at radius 3 is 2.63 bits per heavy atom. The molecule has 0 saturated carbocycles. The van der Waals surface area contributed by atoms with E-state index in [1.807, 2.05) is 42.5 Å². The third-order valence-electron chi connectivity index (χ3n) is 4.22. The SMILES string of the molecule is N=C(CCl)NCCCC(NC(=O)c1ccccc1)c1nc2ccccc2[nH]1. The number of benzene rings is 2. The van der Waals surface area contributed by atoms with Gasteiger partial charge in [-0.1, -0.05) is 30.3 Å².